The minimum Gasteiger partial charge on any atom is -0.256 e. The maximum absolute atomic E-state index is 8.62. The first kappa shape index (κ1) is 8.09. The topological polar surface area (TPSA) is 36.7 Å². The lowest BCUT2D eigenvalue weighted by molar-refractivity contribution is 1.10. The van der Waals surface area contributed by atoms with Crippen molar-refractivity contribution in [3.63, 3.8) is 0 Å². The lowest BCUT2D eigenvalue weighted by Gasteiger charge is -1.98. The standard InChI is InChI=1S/C8H8N2S/c1-6-2-3-7(4-9)8(5-11)10-6/h2-3,11H,5H2,1H3. The van der Waals surface area contributed by atoms with Gasteiger partial charge in [0.15, 0.2) is 0 Å². The summed E-state index contributed by atoms with van der Waals surface area (Å²) in [5, 5.41) is 8.62. The van der Waals surface area contributed by atoms with Gasteiger partial charge in [0.05, 0.1) is 11.3 Å². The van der Waals surface area contributed by atoms with Gasteiger partial charge in [-0.15, -0.1) is 0 Å². The molecule has 0 bridgehead atoms. The molecule has 56 valence electrons. The van der Waals surface area contributed by atoms with Crippen LogP contribution >= 0.6 is 12.6 Å². The van der Waals surface area contributed by atoms with Crippen LogP contribution in [0.3, 0.4) is 0 Å². The van der Waals surface area contributed by atoms with Crippen molar-refractivity contribution in [2.45, 2.75) is 12.7 Å². The average molecular weight is 164 g/mol. The number of nitrogens with zero attached hydrogens (tertiary/aromatic N) is 2. The number of aromatic nitrogens is 1. The summed E-state index contributed by atoms with van der Waals surface area (Å²) in [4.78, 5) is 4.16. The Balaban J connectivity index is 3.19. The summed E-state index contributed by atoms with van der Waals surface area (Å²) in [5.74, 6) is 0.518. The van der Waals surface area contributed by atoms with E-state index in [9.17, 15) is 0 Å². The highest BCUT2D eigenvalue weighted by molar-refractivity contribution is 7.79. The smallest absolute Gasteiger partial charge is 0.101 e. The van der Waals surface area contributed by atoms with E-state index in [0.29, 0.717) is 11.3 Å². The number of rotatable bonds is 1. The van der Waals surface area contributed by atoms with Crippen molar-refractivity contribution in [2.24, 2.45) is 0 Å². The molecule has 0 unspecified atom stereocenters. The zero-order valence-corrected chi connectivity index (χ0v) is 7.10. The van der Waals surface area contributed by atoms with Gasteiger partial charge in [-0.1, -0.05) is 0 Å². The Morgan fingerprint density at radius 1 is 1.64 bits per heavy atom. The summed E-state index contributed by atoms with van der Waals surface area (Å²) >= 11 is 4.07. The van der Waals surface area contributed by atoms with Crippen LogP contribution in [-0.2, 0) is 5.75 Å². The van der Waals surface area contributed by atoms with Crippen LogP contribution in [0.4, 0.5) is 0 Å². The van der Waals surface area contributed by atoms with Crippen molar-refractivity contribution >= 4 is 12.6 Å². The molecule has 0 aliphatic carbocycles. The fourth-order valence-electron chi connectivity index (χ4n) is 0.833. The summed E-state index contributed by atoms with van der Waals surface area (Å²) in [7, 11) is 0. The van der Waals surface area contributed by atoms with E-state index < -0.39 is 0 Å². The van der Waals surface area contributed by atoms with Crippen molar-refractivity contribution < 1.29 is 0 Å². The molecule has 0 fully saturated rings. The summed E-state index contributed by atoms with van der Waals surface area (Å²) in [6.45, 7) is 1.90. The van der Waals surface area contributed by atoms with Crippen molar-refractivity contribution in [1.29, 1.82) is 5.26 Å². The quantitative estimate of drug-likeness (QED) is 0.641. The van der Waals surface area contributed by atoms with Crippen LogP contribution in [0.25, 0.3) is 0 Å². The molecular weight excluding hydrogens is 156 g/mol. The number of pyridine rings is 1. The Morgan fingerprint density at radius 3 is 2.91 bits per heavy atom. The highest BCUT2D eigenvalue weighted by Crippen LogP contribution is 2.08. The molecule has 0 N–H and O–H groups in total. The van der Waals surface area contributed by atoms with E-state index in [-0.39, 0.29) is 0 Å². The molecule has 0 aromatic carbocycles. The van der Waals surface area contributed by atoms with Gasteiger partial charge in [-0.2, -0.15) is 17.9 Å². The zero-order valence-electron chi connectivity index (χ0n) is 6.20. The van der Waals surface area contributed by atoms with E-state index in [1.165, 1.54) is 0 Å². The zero-order chi connectivity index (χ0) is 8.27. The van der Waals surface area contributed by atoms with Crippen LogP contribution in [0.5, 0.6) is 0 Å². The van der Waals surface area contributed by atoms with Gasteiger partial charge in [0.1, 0.15) is 6.07 Å². The molecular formula is C8H8N2S. The molecule has 0 aliphatic heterocycles. The van der Waals surface area contributed by atoms with Gasteiger partial charge in [0.2, 0.25) is 0 Å². The van der Waals surface area contributed by atoms with Gasteiger partial charge in [0.25, 0.3) is 0 Å². The second-order valence-electron chi connectivity index (χ2n) is 2.22. The Labute approximate surface area is 71.3 Å². The second-order valence-corrected chi connectivity index (χ2v) is 2.53. The van der Waals surface area contributed by atoms with E-state index in [1.807, 2.05) is 13.0 Å². The van der Waals surface area contributed by atoms with Gasteiger partial charge in [0, 0.05) is 11.4 Å². The molecule has 0 saturated heterocycles. The Morgan fingerprint density at radius 2 is 2.36 bits per heavy atom. The monoisotopic (exact) mass is 164 g/mol. The minimum atomic E-state index is 0.518. The molecule has 1 rings (SSSR count). The molecule has 2 nitrogen and oxygen atoms in total. The molecule has 1 heterocycles. The molecule has 11 heavy (non-hydrogen) atoms. The van der Waals surface area contributed by atoms with Crippen LogP contribution in [0.2, 0.25) is 0 Å². The predicted octanol–water partition coefficient (Wildman–Crippen LogP) is 1.69. The first-order chi connectivity index (χ1) is 5.27. The largest absolute Gasteiger partial charge is 0.256 e. The summed E-state index contributed by atoms with van der Waals surface area (Å²) in [6, 6.07) is 5.66. The van der Waals surface area contributed by atoms with Crippen molar-refractivity contribution in [3.05, 3.63) is 29.1 Å². The Kier molecular flexibility index (Phi) is 2.50. The minimum absolute atomic E-state index is 0.518. The molecule has 0 amide bonds. The third-order valence-corrected chi connectivity index (χ3v) is 1.68. The molecule has 0 spiro atoms. The van der Waals surface area contributed by atoms with E-state index in [1.54, 1.807) is 6.07 Å². The van der Waals surface area contributed by atoms with Crippen LogP contribution in [-0.4, -0.2) is 4.98 Å². The summed E-state index contributed by atoms with van der Waals surface area (Å²) in [6.07, 6.45) is 0. The first-order valence-electron chi connectivity index (χ1n) is 3.25. The van der Waals surface area contributed by atoms with E-state index in [0.717, 1.165) is 11.4 Å². The lowest BCUT2D eigenvalue weighted by atomic mass is 10.2. The highest BCUT2D eigenvalue weighted by atomic mass is 32.1. The number of thiol groups is 1. The SMILES string of the molecule is Cc1ccc(C#N)c(CS)n1. The first-order valence-corrected chi connectivity index (χ1v) is 3.88. The maximum Gasteiger partial charge on any atom is 0.101 e. The second kappa shape index (κ2) is 3.40. The van der Waals surface area contributed by atoms with E-state index in [2.05, 4.69) is 23.7 Å². The molecule has 1 aromatic heterocycles. The van der Waals surface area contributed by atoms with Crippen LogP contribution in [0, 0.1) is 18.3 Å². The number of hydrogen-bond donors (Lipinski definition) is 1. The molecule has 0 radical (unpaired) electrons. The number of aryl methyl sites for hydroxylation is 1. The van der Waals surface area contributed by atoms with E-state index in [4.69, 9.17) is 5.26 Å². The lowest BCUT2D eigenvalue weighted by Crippen LogP contribution is -1.92. The van der Waals surface area contributed by atoms with Crippen LogP contribution in [0.15, 0.2) is 12.1 Å². The van der Waals surface area contributed by atoms with Gasteiger partial charge >= 0.3 is 0 Å². The molecule has 0 atom stereocenters. The van der Waals surface area contributed by atoms with Crippen LogP contribution < -0.4 is 0 Å². The van der Waals surface area contributed by atoms with Crippen molar-refractivity contribution in [1.82, 2.24) is 4.98 Å². The van der Waals surface area contributed by atoms with Crippen molar-refractivity contribution in [2.75, 3.05) is 0 Å². The third kappa shape index (κ3) is 1.72. The van der Waals surface area contributed by atoms with E-state index >= 15 is 0 Å². The average Bonchev–Trinajstić information content (AvgIpc) is 2.04. The molecule has 0 aliphatic rings. The third-order valence-electron chi connectivity index (χ3n) is 1.38. The number of hydrogen-bond acceptors (Lipinski definition) is 3. The molecule has 0 saturated carbocycles. The Hall–Kier alpha value is -1.01. The number of nitriles is 1. The molecule has 3 heteroatoms. The van der Waals surface area contributed by atoms with Gasteiger partial charge < -0.3 is 0 Å². The van der Waals surface area contributed by atoms with Crippen molar-refractivity contribution in [3.8, 4) is 6.07 Å². The molecule has 1 aromatic rings. The van der Waals surface area contributed by atoms with Gasteiger partial charge in [-0.25, -0.2) is 0 Å². The van der Waals surface area contributed by atoms with Crippen LogP contribution in [0.1, 0.15) is 17.0 Å². The maximum atomic E-state index is 8.62. The Bertz CT molecular complexity index is 301. The van der Waals surface area contributed by atoms with Gasteiger partial charge in [-0.3, -0.25) is 4.98 Å². The summed E-state index contributed by atoms with van der Waals surface area (Å²) < 4.78 is 0. The fraction of sp³-hybridized carbons (Fsp3) is 0.250. The van der Waals surface area contributed by atoms with Gasteiger partial charge in [-0.05, 0) is 19.1 Å². The predicted molar refractivity (Wildman–Crippen MR) is 46.4 cm³/mol. The normalized spacial score (nSPS) is 9.18. The fourth-order valence-corrected chi connectivity index (χ4v) is 1.07. The summed E-state index contributed by atoms with van der Waals surface area (Å²) in [5.41, 5.74) is 2.30. The highest BCUT2D eigenvalue weighted by Gasteiger charge is 2.00.